The Bertz CT molecular complexity index is 2810. The monoisotopic (exact) mass is 693 g/mol. The Morgan fingerprint density at radius 2 is 1.39 bits per heavy atom. The Hall–Kier alpha value is -6.89. The topological polar surface area (TPSA) is 21.1 Å². The smallest absolute Gasteiger partial charge is 0.0967 e. The molecule has 8 aromatic rings. The summed E-state index contributed by atoms with van der Waals surface area (Å²) in [4.78, 5) is 6.59. The van der Waals surface area contributed by atoms with Crippen molar-refractivity contribution in [1.82, 2.24) is 9.55 Å². The zero-order chi connectivity index (χ0) is 36.8. The van der Waals surface area contributed by atoms with Gasteiger partial charge in [0.2, 0.25) is 0 Å². The highest BCUT2D eigenvalue weighted by Crippen LogP contribution is 2.50. The number of fused-ring (bicyclic) bond motifs is 6. The van der Waals surface area contributed by atoms with E-state index in [1.54, 1.807) is 6.20 Å². The fraction of sp³-hybridized carbons (Fsp3) is 0.0784. The number of hydrogen-bond donors (Lipinski definition) is 0. The number of para-hydroxylation sites is 2. The molecule has 1 aliphatic rings. The normalized spacial score (nSPS) is 13.4. The van der Waals surface area contributed by atoms with Crippen molar-refractivity contribution in [1.29, 1.82) is 0 Å². The van der Waals surface area contributed by atoms with Gasteiger partial charge >= 0.3 is 0 Å². The van der Waals surface area contributed by atoms with Crippen LogP contribution in [-0.4, -0.2) is 9.55 Å². The molecule has 2 heterocycles. The lowest BCUT2D eigenvalue weighted by Crippen LogP contribution is -2.18. The van der Waals surface area contributed by atoms with E-state index in [-0.39, 0.29) is 5.41 Å². The second-order valence-electron chi connectivity index (χ2n) is 14.5. The predicted molar refractivity (Wildman–Crippen MR) is 227 cm³/mol. The van der Waals surface area contributed by atoms with Gasteiger partial charge in [0, 0.05) is 51.2 Å². The molecule has 3 nitrogen and oxygen atoms in total. The summed E-state index contributed by atoms with van der Waals surface area (Å²) in [6.07, 6.45) is 14.4. The lowest BCUT2D eigenvalue weighted by atomic mass is 9.82. The maximum Gasteiger partial charge on any atom is 0.0967 e. The van der Waals surface area contributed by atoms with Crippen LogP contribution >= 0.6 is 0 Å². The van der Waals surface area contributed by atoms with Crippen molar-refractivity contribution < 1.29 is 0 Å². The summed E-state index contributed by atoms with van der Waals surface area (Å²) in [7, 11) is 0. The van der Waals surface area contributed by atoms with Crippen molar-refractivity contribution in [2.24, 2.45) is 0 Å². The molecule has 0 N–H and O–H groups in total. The highest BCUT2D eigenvalue weighted by atomic mass is 15.1. The highest BCUT2D eigenvalue weighted by Gasteiger charge is 2.35. The molecular formula is C51H39N3. The van der Waals surface area contributed by atoms with Crippen LogP contribution in [0.4, 0.5) is 11.4 Å². The summed E-state index contributed by atoms with van der Waals surface area (Å²) in [6, 6.07) is 54.1. The molecule has 0 spiro atoms. The van der Waals surface area contributed by atoms with Gasteiger partial charge in [-0.15, -0.1) is 6.42 Å². The third-order valence-corrected chi connectivity index (χ3v) is 10.9. The second kappa shape index (κ2) is 13.3. The van der Waals surface area contributed by atoms with E-state index in [0.29, 0.717) is 0 Å². The minimum absolute atomic E-state index is 0.149. The van der Waals surface area contributed by atoms with Gasteiger partial charge in [0.25, 0.3) is 0 Å². The Kier molecular flexibility index (Phi) is 8.10. The molecule has 2 aromatic heterocycles. The molecule has 0 fully saturated rings. The van der Waals surface area contributed by atoms with Crippen LogP contribution in [0.25, 0.3) is 55.3 Å². The molecular weight excluding hydrogens is 655 g/mol. The fourth-order valence-electron chi connectivity index (χ4n) is 8.18. The Balaban J connectivity index is 1.16. The fourth-order valence-corrected chi connectivity index (χ4v) is 8.18. The Morgan fingerprint density at radius 3 is 2.22 bits per heavy atom. The van der Waals surface area contributed by atoms with Crippen molar-refractivity contribution in [3.63, 3.8) is 0 Å². The molecule has 3 heteroatoms. The van der Waals surface area contributed by atoms with E-state index in [4.69, 9.17) is 6.42 Å². The minimum Gasteiger partial charge on any atom is -0.309 e. The lowest BCUT2D eigenvalue weighted by Gasteiger charge is -2.28. The van der Waals surface area contributed by atoms with Crippen LogP contribution in [-0.2, 0) is 5.41 Å². The molecule has 9 rings (SSSR count). The molecule has 0 unspecified atom stereocenters. The van der Waals surface area contributed by atoms with Gasteiger partial charge in [-0.1, -0.05) is 117 Å². The van der Waals surface area contributed by atoms with E-state index < -0.39 is 0 Å². The van der Waals surface area contributed by atoms with Crippen LogP contribution in [0.1, 0.15) is 37.5 Å². The minimum atomic E-state index is -0.149. The summed E-state index contributed by atoms with van der Waals surface area (Å²) in [5, 5.41) is 2.45. The summed E-state index contributed by atoms with van der Waals surface area (Å²) in [5.41, 5.74) is 15.7. The van der Waals surface area contributed by atoms with Crippen LogP contribution in [0.5, 0.6) is 0 Å². The number of hydrogen-bond acceptors (Lipinski definition) is 2. The molecule has 0 saturated heterocycles. The maximum absolute atomic E-state index is 6.45. The van der Waals surface area contributed by atoms with E-state index in [1.807, 2.05) is 12.3 Å². The van der Waals surface area contributed by atoms with Gasteiger partial charge in [0.1, 0.15) is 0 Å². The molecule has 6 aromatic carbocycles. The molecule has 258 valence electrons. The number of benzene rings is 6. The molecule has 0 radical (unpaired) electrons. The number of aromatic nitrogens is 2. The van der Waals surface area contributed by atoms with Gasteiger partial charge < -0.3 is 9.47 Å². The van der Waals surface area contributed by atoms with Crippen molar-refractivity contribution in [2.75, 3.05) is 4.90 Å². The Morgan fingerprint density at radius 1 is 0.648 bits per heavy atom. The number of terminal acetylenes is 1. The third kappa shape index (κ3) is 5.52. The molecule has 54 heavy (non-hydrogen) atoms. The van der Waals surface area contributed by atoms with E-state index >= 15 is 0 Å². The molecule has 0 saturated carbocycles. The maximum atomic E-state index is 6.45. The summed E-state index contributed by atoms with van der Waals surface area (Å²) >= 11 is 0. The lowest BCUT2D eigenvalue weighted by molar-refractivity contribution is 0.660. The van der Waals surface area contributed by atoms with Gasteiger partial charge in [-0.05, 0) is 113 Å². The van der Waals surface area contributed by atoms with Gasteiger partial charge in [0.05, 0.1) is 16.7 Å². The summed E-state index contributed by atoms with van der Waals surface area (Å²) in [6.45, 7) is 6.78. The van der Waals surface area contributed by atoms with Crippen LogP contribution in [0.15, 0.2) is 182 Å². The van der Waals surface area contributed by atoms with Crippen molar-refractivity contribution in [2.45, 2.75) is 26.2 Å². The number of allylic oxidation sites excluding steroid dienone is 4. The largest absolute Gasteiger partial charge is 0.309 e. The summed E-state index contributed by atoms with van der Waals surface area (Å²) < 4.78 is 2.34. The standard InChI is InChI=1S/C51H39N3/c1-5-39(26-24-35(2)36-25-29-50-46(32-36)45-21-10-12-23-49(45)54(50)40-17-7-6-8-18-40)53(41-19-13-15-37(31-41)38-16-14-30-52-34-38)42-27-28-44-43-20-9-11-22-47(43)51(3,4)48(44)33-42/h1,6-34H,2-4H3/b35-24+,39-26+. The SMILES string of the molecule is C#C/C(=C\C=C(/C)c1ccc2c(c1)c1ccccc1n2-c1ccccc1)N(c1cccc(-c2cccnc2)c1)c1ccc2c(c1)C(C)(C)c1ccccc1-2. The molecule has 0 amide bonds. The Labute approximate surface area is 317 Å². The zero-order valence-electron chi connectivity index (χ0n) is 30.7. The van der Waals surface area contributed by atoms with Crippen molar-refractivity contribution >= 4 is 38.8 Å². The predicted octanol–water partition coefficient (Wildman–Crippen LogP) is 12.9. The third-order valence-electron chi connectivity index (χ3n) is 10.9. The number of pyridine rings is 1. The van der Waals surface area contributed by atoms with Gasteiger partial charge in [-0.2, -0.15) is 0 Å². The van der Waals surface area contributed by atoms with Crippen LogP contribution in [0.2, 0.25) is 0 Å². The average molecular weight is 694 g/mol. The van der Waals surface area contributed by atoms with E-state index in [9.17, 15) is 0 Å². The molecule has 1 aliphatic carbocycles. The zero-order valence-corrected chi connectivity index (χ0v) is 30.7. The summed E-state index contributed by atoms with van der Waals surface area (Å²) in [5.74, 6) is 3.07. The number of anilines is 2. The molecule has 0 aliphatic heterocycles. The first kappa shape index (κ1) is 33.0. The first-order chi connectivity index (χ1) is 26.4. The van der Waals surface area contributed by atoms with Gasteiger partial charge in [-0.3, -0.25) is 4.98 Å². The quantitative estimate of drug-likeness (QED) is 0.122. The van der Waals surface area contributed by atoms with Crippen LogP contribution < -0.4 is 4.90 Å². The highest BCUT2D eigenvalue weighted by molar-refractivity contribution is 6.10. The second-order valence-corrected chi connectivity index (χ2v) is 14.5. The van der Waals surface area contributed by atoms with E-state index in [2.05, 4.69) is 199 Å². The van der Waals surface area contributed by atoms with Gasteiger partial charge in [0.15, 0.2) is 0 Å². The average Bonchev–Trinajstić information content (AvgIpc) is 3.67. The number of nitrogens with zero attached hydrogens (tertiary/aromatic N) is 3. The first-order valence-corrected chi connectivity index (χ1v) is 18.4. The van der Waals surface area contributed by atoms with E-state index in [1.165, 1.54) is 44.1 Å². The van der Waals surface area contributed by atoms with Crippen LogP contribution in [0, 0.1) is 12.3 Å². The van der Waals surface area contributed by atoms with Crippen molar-refractivity contribution in [3.05, 3.63) is 199 Å². The van der Waals surface area contributed by atoms with Crippen LogP contribution in [0.3, 0.4) is 0 Å². The van der Waals surface area contributed by atoms with E-state index in [0.717, 1.165) is 45.0 Å². The molecule has 0 atom stereocenters. The number of rotatable bonds is 7. The van der Waals surface area contributed by atoms with Gasteiger partial charge in [-0.25, -0.2) is 0 Å². The van der Waals surface area contributed by atoms with Crippen molar-refractivity contribution in [3.8, 4) is 40.3 Å². The molecule has 0 bridgehead atoms. The first-order valence-electron chi connectivity index (χ1n) is 18.4.